The van der Waals surface area contributed by atoms with Gasteiger partial charge in [-0.3, -0.25) is 4.79 Å². The van der Waals surface area contributed by atoms with Crippen molar-refractivity contribution in [1.82, 2.24) is 9.99 Å². The molecule has 3 aromatic carbocycles. The van der Waals surface area contributed by atoms with Gasteiger partial charge in [0.1, 0.15) is 0 Å². The SMILES string of the molecule is COc1cccc(C=NNC(=O)CCn2c3ccc(I)cc3c3cc(I)ccc32)c1O. The van der Waals surface area contributed by atoms with E-state index in [2.05, 4.69) is 96.7 Å². The number of carbonyl (C=O) groups is 1. The molecule has 6 nitrogen and oxygen atoms in total. The second-order valence-corrected chi connectivity index (χ2v) is 9.41. The average Bonchev–Trinajstić information content (AvgIpc) is 3.05. The fourth-order valence-electron chi connectivity index (χ4n) is 3.54. The number of hydrogen-bond acceptors (Lipinski definition) is 4. The zero-order valence-electron chi connectivity index (χ0n) is 16.6. The van der Waals surface area contributed by atoms with Crippen molar-refractivity contribution in [1.29, 1.82) is 0 Å². The van der Waals surface area contributed by atoms with Gasteiger partial charge in [0.2, 0.25) is 5.91 Å². The van der Waals surface area contributed by atoms with Crippen LogP contribution >= 0.6 is 45.2 Å². The zero-order chi connectivity index (χ0) is 22.0. The first kappa shape index (κ1) is 21.9. The zero-order valence-corrected chi connectivity index (χ0v) is 20.9. The Balaban J connectivity index is 1.51. The number of ether oxygens (including phenoxy) is 1. The van der Waals surface area contributed by atoms with Crippen molar-refractivity contribution >= 4 is 79.1 Å². The Labute approximate surface area is 206 Å². The van der Waals surface area contributed by atoms with Crippen LogP contribution in [0.15, 0.2) is 59.7 Å². The predicted octanol–water partition coefficient (Wildman–Crippen LogP) is 5.26. The average molecular weight is 639 g/mol. The summed E-state index contributed by atoms with van der Waals surface area (Å²) in [6.07, 6.45) is 1.68. The molecule has 4 rings (SSSR count). The number of fused-ring (bicyclic) bond motifs is 3. The minimum Gasteiger partial charge on any atom is -0.504 e. The Kier molecular flexibility index (Phi) is 6.65. The molecule has 2 N–H and O–H groups in total. The van der Waals surface area contributed by atoms with E-state index >= 15 is 0 Å². The Morgan fingerprint density at radius 1 is 1.10 bits per heavy atom. The maximum Gasteiger partial charge on any atom is 0.241 e. The van der Waals surface area contributed by atoms with E-state index in [9.17, 15) is 9.90 Å². The number of hydrogen-bond donors (Lipinski definition) is 2. The standard InChI is InChI=1S/C23H19I2N3O3/c1-31-21-4-2-3-14(23(21)30)13-26-27-22(29)9-10-28-19-7-5-15(24)11-17(19)18-12-16(25)6-8-20(18)28/h2-8,11-13,30H,9-10H2,1H3,(H,27,29). The molecular weight excluding hydrogens is 620 g/mol. The second-order valence-electron chi connectivity index (χ2n) is 6.92. The fraction of sp³-hybridized carbons (Fsp3) is 0.130. The number of carbonyl (C=O) groups excluding carboxylic acids is 1. The summed E-state index contributed by atoms with van der Waals surface area (Å²) in [5, 5.41) is 16.4. The topological polar surface area (TPSA) is 75.8 Å². The molecule has 0 unspecified atom stereocenters. The summed E-state index contributed by atoms with van der Waals surface area (Å²) in [5.41, 5.74) is 5.21. The van der Waals surface area contributed by atoms with Crippen LogP contribution in [0.3, 0.4) is 0 Å². The number of benzene rings is 3. The Bertz CT molecular complexity index is 1260. The summed E-state index contributed by atoms with van der Waals surface area (Å²) < 4.78 is 9.60. The number of hydrazone groups is 1. The highest BCUT2D eigenvalue weighted by atomic mass is 127. The summed E-state index contributed by atoms with van der Waals surface area (Å²) in [7, 11) is 1.48. The molecule has 8 heteroatoms. The van der Waals surface area contributed by atoms with Crippen LogP contribution in [0, 0.1) is 7.14 Å². The molecule has 0 radical (unpaired) electrons. The van der Waals surface area contributed by atoms with E-state index in [0.717, 1.165) is 11.0 Å². The molecule has 0 aliphatic heterocycles. The molecule has 0 saturated carbocycles. The van der Waals surface area contributed by atoms with E-state index in [4.69, 9.17) is 4.74 Å². The molecule has 0 aliphatic rings. The number of methoxy groups -OCH3 is 1. The van der Waals surface area contributed by atoms with E-state index in [1.807, 2.05) is 0 Å². The molecule has 1 aromatic heterocycles. The number of aromatic nitrogens is 1. The number of nitrogens with one attached hydrogen (secondary N) is 1. The van der Waals surface area contributed by atoms with Gasteiger partial charge in [0.15, 0.2) is 11.5 Å². The highest BCUT2D eigenvalue weighted by Gasteiger charge is 2.13. The van der Waals surface area contributed by atoms with Crippen LogP contribution in [0.5, 0.6) is 11.5 Å². The maximum absolute atomic E-state index is 12.4. The number of halogens is 2. The largest absolute Gasteiger partial charge is 0.504 e. The van der Waals surface area contributed by atoms with Crippen LogP contribution in [-0.4, -0.2) is 28.9 Å². The number of rotatable bonds is 6. The number of nitrogens with zero attached hydrogens (tertiary/aromatic N) is 2. The predicted molar refractivity (Wildman–Crippen MR) is 140 cm³/mol. The van der Waals surface area contributed by atoms with E-state index in [1.54, 1.807) is 18.2 Å². The number of phenols is 1. The van der Waals surface area contributed by atoms with Crippen LogP contribution in [-0.2, 0) is 11.3 Å². The van der Waals surface area contributed by atoms with Crippen molar-refractivity contribution in [3.8, 4) is 11.5 Å². The third-order valence-electron chi connectivity index (χ3n) is 4.99. The van der Waals surface area contributed by atoms with Crippen molar-refractivity contribution in [3.63, 3.8) is 0 Å². The van der Waals surface area contributed by atoms with Gasteiger partial charge in [0.05, 0.1) is 13.3 Å². The summed E-state index contributed by atoms with van der Waals surface area (Å²) in [6.45, 7) is 0.535. The van der Waals surface area contributed by atoms with Crippen LogP contribution in [0.25, 0.3) is 21.8 Å². The van der Waals surface area contributed by atoms with Crippen molar-refractivity contribution in [3.05, 3.63) is 67.3 Å². The molecule has 0 fully saturated rings. The van der Waals surface area contributed by atoms with Gasteiger partial charge < -0.3 is 14.4 Å². The number of aryl methyl sites for hydroxylation is 1. The normalized spacial score (nSPS) is 11.5. The molecule has 158 valence electrons. The van der Waals surface area contributed by atoms with E-state index in [0.29, 0.717) is 17.9 Å². The molecule has 4 aromatic rings. The molecule has 0 saturated heterocycles. The van der Waals surface area contributed by atoms with Crippen molar-refractivity contribution in [2.75, 3.05) is 7.11 Å². The van der Waals surface area contributed by atoms with Crippen LogP contribution in [0.4, 0.5) is 0 Å². The van der Waals surface area contributed by atoms with E-state index in [1.165, 1.54) is 31.2 Å². The van der Waals surface area contributed by atoms with Crippen molar-refractivity contribution in [2.24, 2.45) is 5.10 Å². The number of para-hydroxylation sites is 1. The minimum atomic E-state index is -0.204. The molecule has 1 heterocycles. The van der Waals surface area contributed by atoms with E-state index < -0.39 is 0 Å². The molecule has 0 aliphatic carbocycles. The maximum atomic E-state index is 12.4. The van der Waals surface area contributed by atoms with Gasteiger partial charge >= 0.3 is 0 Å². The third kappa shape index (κ3) is 4.64. The smallest absolute Gasteiger partial charge is 0.241 e. The second kappa shape index (κ2) is 9.43. The number of phenolic OH excluding ortho intramolecular Hbond substituents is 1. The van der Waals surface area contributed by atoms with Crippen LogP contribution in [0.2, 0.25) is 0 Å². The Morgan fingerprint density at radius 2 is 1.74 bits per heavy atom. The van der Waals surface area contributed by atoms with Gasteiger partial charge in [-0.15, -0.1) is 0 Å². The van der Waals surface area contributed by atoms with Crippen molar-refractivity contribution < 1.29 is 14.6 Å². The summed E-state index contributed by atoms with van der Waals surface area (Å²) in [5.74, 6) is 0.133. The molecular formula is C23H19I2N3O3. The first-order chi connectivity index (χ1) is 15.0. The lowest BCUT2D eigenvalue weighted by Crippen LogP contribution is -2.19. The summed E-state index contributed by atoms with van der Waals surface area (Å²) in [4.78, 5) is 12.4. The minimum absolute atomic E-state index is 0.0162. The monoisotopic (exact) mass is 639 g/mol. The van der Waals surface area contributed by atoms with Gasteiger partial charge in [-0.05, 0) is 93.7 Å². The lowest BCUT2D eigenvalue weighted by molar-refractivity contribution is -0.121. The molecule has 1 amide bonds. The molecule has 0 bridgehead atoms. The Hall–Kier alpha value is -2.34. The van der Waals surface area contributed by atoms with Gasteiger partial charge in [-0.1, -0.05) is 6.07 Å². The highest BCUT2D eigenvalue weighted by molar-refractivity contribution is 14.1. The molecule has 31 heavy (non-hydrogen) atoms. The third-order valence-corrected chi connectivity index (χ3v) is 6.34. The van der Waals surface area contributed by atoms with E-state index in [-0.39, 0.29) is 18.1 Å². The van der Waals surface area contributed by atoms with Gasteiger partial charge in [0, 0.05) is 47.5 Å². The van der Waals surface area contributed by atoms with Crippen LogP contribution < -0.4 is 10.2 Å². The summed E-state index contributed by atoms with van der Waals surface area (Å²) in [6, 6.07) is 17.8. The van der Waals surface area contributed by atoms with Crippen LogP contribution in [0.1, 0.15) is 12.0 Å². The fourth-order valence-corrected chi connectivity index (χ4v) is 4.52. The first-order valence-corrected chi connectivity index (χ1v) is 11.7. The molecule has 0 atom stereocenters. The Morgan fingerprint density at radius 3 is 2.35 bits per heavy atom. The quantitative estimate of drug-likeness (QED) is 0.172. The lowest BCUT2D eigenvalue weighted by atomic mass is 10.2. The highest BCUT2D eigenvalue weighted by Crippen LogP contribution is 2.31. The number of amides is 1. The first-order valence-electron chi connectivity index (χ1n) is 9.53. The summed E-state index contributed by atoms with van der Waals surface area (Å²) >= 11 is 4.64. The van der Waals surface area contributed by atoms with Gasteiger partial charge in [0.25, 0.3) is 0 Å². The van der Waals surface area contributed by atoms with Crippen molar-refractivity contribution in [2.45, 2.75) is 13.0 Å². The van der Waals surface area contributed by atoms with Gasteiger partial charge in [-0.25, -0.2) is 5.43 Å². The molecule has 0 spiro atoms. The van der Waals surface area contributed by atoms with Gasteiger partial charge in [-0.2, -0.15) is 5.10 Å². The number of aromatic hydroxyl groups is 1. The lowest BCUT2D eigenvalue weighted by Gasteiger charge is -2.07.